The highest BCUT2D eigenvalue weighted by Crippen LogP contribution is 2.22. The van der Waals surface area contributed by atoms with Gasteiger partial charge in [-0.25, -0.2) is 0 Å². The second-order valence-corrected chi connectivity index (χ2v) is 5.40. The number of benzene rings is 1. The van der Waals surface area contributed by atoms with Crippen LogP contribution in [0.2, 0.25) is 0 Å². The van der Waals surface area contributed by atoms with Crippen molar-refractivity contribution in [3.8, 4) is 5.75 Å². The number of methoxy groups -OCH3 is 1. The topological polar surface area (TPSA) is 41.7 Å². The Kier molecular flexibility index (Phi) is 4.10. The minimum atomic E-state index is 0.840. The van der Waals surface area contributed by atoms with Gasteiger partial charge < -0.3 is 14.2 Å². The molecule has 0 spiro atoms. The lowest BCUT2D eigenvalue weighted by molar-refractivity contribution is 0.219. The fourth-order valence-electron chi connectivity index (χ4n) is 2.68. The van der Waals surface area contributed by atoms with Crippen LogP contribution in [-0.2, 0) is 6.54 Å². The molecule has 0 aliphatic carbocycles. The van der Waals surface area contributed by atoms with Crippen LogP contribution in [0.5, 0.6) is 5.75 Å². The second kappa shape index (κ2) is 6.18. The molecule has 0 radical (unpaired) electrons. The fourth-order valence-corrected chi connectivity index (χ4v) is 2.68. The summed E-state index contributed by atoms with van der Waals surface area (Å²) in [6, 6.07) is 10.3. The normalized spacial score (nSPS) is 16.2. The van der Waals surface area contributed by atoms with Crippen molar-refractivity contribution in [1.82, 2.24) is 10.1 Å². The zero-order valence-corrected chi connectivity index (χ0v) is 12.6. The average molecular weight is 287 g/mol. The average Bonchev–Trinajstić information content (AvgIpc) is 2.93. The monoisotopic (exact) mass is 287 g/mol. The van der Waals surface area contributed by atoms with Crippen molar-refractivity contribution in [1.29, 1.82) is 0 Å². The molecular weight excluding hydrogens is 266 g/mol. The molecule has 1 aliphatic rings. The molecule has 3 rings (SSSR count). The van der Waals surface area contributed by atoms with Gasteiger partial charge in [0.05, 0.1) is 19.3 Å². The molecule has 5 nitrogen and oxygen atoms in total. The van der Waals surface area contributed by atoms with Crippen molar-refractivity contribution < 1.29 is 9.26 Å². The number of anilines is 1. The van der Waals surface area contributed by atoms with Gasteiger partial charge in [0.2, 0.25) is 0 Å². The predicted molar refractivity (Wildman–Crippen MR) is 81.7 cm³/mol. The molecule has 1 aromatic carbocycles. The Bertz CT molecular complexity index is 589. The number of hydrogen-bond donors (Lipinski definition) is 0. The third kappa shape index (κ3) is 3.36. The van der Waals surface area contributed by atoms with Crippen molar-refractivity contribution in [2.45, 2.75) is 13.5 Å². The van der Waals surface area contributed by atoms with E-state index in [1.54, 1.807) is 7.11 Å². The number of ether oxygens (including phenoxy) is 1. The standard InChI is InChI=1S/C16H21N3O2/c1-13-10-16(21-17-13)12-18-6-8-19(9-7-18)14-4-3-5-15(11-14)20-2/h3-5,10-11H,6-9,12H2,1-2H3. The summed E-state index contributed by atoms with van der Waals surface area (Å²) in [5.41, 5.74) is 2.17. The number of rotatable bonds is 4. The summed E-state index contributed by atoms with van der Waals surface area (Å²) in [6.07, 6.45) is 0. The maximum atomic E-state index is 5.29. The molecule has 2 aromatic rings. The van der Waals surface area contributed by atoms with Gasteiger partial charge in [-0.3, -0.25) is 4.90 Å². The summed E-state index contributed by atoms with van der Waals surface area (Å²) in [7, 11) is 1.70. The largest absolute Gasteiger partial charge is 0.497 e. The number of aromatic nitrogens is 1. The van der Waals surface area contributed by atoms with E-state index in [0.717, 1.165) is 49.9 Å². The predicted octanol–water partition coefficient (Wildman–Crippen LogP) is 2.31. The lowest BCUT2D eigenvalue weighted by Gasteiger charge is -2.35. The second-order valence-electron chi connectivity index (χ2n) is 5.40. The molecule has 0 atom stereocenters. The highest BCUT2D eigenvalue weighted by Gasteiger charge is 2.18. The van der Waals surface area contributed by atoms with E-state index in [1.807, 2.05) is 25.1 Å². The van der Waals surface area contributed by atoms with E-state index in [2.05, 4.69) is 27.1 Å². The van der Waals surface area contributed by atoms with Crippen molar-refractivity contribution in [3.63, 3.8) is 0 Å². The van der Waals surface area contributed by atoms with Gasteiger partial charge in [-0.1, -0.05) is 11.2 Å². The minimum absolute atomic E-state index is 0.840. The van der Waals surface area contributed by atoms with E-state index in [1.165, 1.54) is 5.69 Å². The highest BCUT2D eigenvalue weighted by atomic mass is 16.5. The van der Waals surface area contributed by atoms with Gasteiger partial charge in [-0.05, 0) is 19.1 Å². The van der Waals surface area contributed by atoms with Gasteiger partial charge in [-0.2, -0.15) is 0 Å². The van der Waals surface area contributed by atoms with Crippen molar-refractivity contribution in [2.24, 2.45) is 0 Å². The van der Waals surface area contributed by atoms with E-state index < -0.39 is 0 Å². The molecular formula is C16H21N3O2. The Morgan fingerprint density at radius 1 is 1.19 bits per heavy atom. The third-order valence-electron chi connectivity index (χ3n) is 3.85. The molecule has 0 unspecified atom stereocenters. The first kappa shape index (κ1) is 13.9. The maximum absolute atomic E-state index is 5.29. The molecule has 0 N–H and O–H groups in total. The Balaban J connectivity index is 1.57. The van der Waals surface area contributed by atoms with E-state index in [4.69, 9.17) is 9.26 Å². The van der Waals surface area contributed by atoms with Crippen molar-refractivity contribution in [2.75, 3.05) is 38.2 Å². The third-order valence-corrected chi connectivity index (χ3v) is 3.85. The Labute approximate surface area is 125 Å². The smallest absolute Gasteiger partial charge is 0.150 e. The summed E-state index contributed by atoms with van der Waals surface area (Å²) in [5.74, 6) is 1.86. The van der Waals surface area contributed by atoms with E-state index >= 15 is 0 Å². The lowest BCUT2D eigenvalue weighted by atomic mass is 10.2. The van der Waals surface area contributed by atoms with Crippen LogP contribution < -0.4 is 9.64 Å². The molecule has 0 amide bonds. The van der Waals surface area contributed by atoms with Crippen molar-refractivity contribution >= 4 is 5.69 Å². The van der Waals surface area contributed by atoms with Gasteiger partial charge in [0.15, 0.2) is 5.76 Å². The van der Waals surface area contributed by atoms with Crippen LogP contribution in [-0.4, -0.2) is 43.3 Å². The summed E-state index contributed by atoms with van der Waals surface area (Å²) in [6.45, 7) is 6.87. The Hall–Kier alpha value is -2.01. The number of hydrogen-bond acceptors (Lipinski definition) is 5. The molecule has 1 aromatic heterocycles. The number of piperazine rings is 1. The van der Waals surface area contributed by atoms with Crippen molar-refractivity contribution in [3.05, 3.63) is 41.8 Å². The van der Waals surface area contributed by atoms with Crippen LogP contribution in [0, 0.1) is 6.92 Å². The molecule has 1 aliphatic heterocycles. The maximum Gasteiger partial charge on any atom is 0.150 e. The molecule has 21 heavy (non-hydrogen) atoms. The van der Waals surface area contributed by atoms with Gasteiger partial charge in [0, 0.05) is 44.0 Å². The SMILES string of the molecule is COc1cccc(N2CCN(Cc3cc(C)no3)CC2)c1. The van der Waals surface area contributed by atoms with Gasteiger partial charge in [0.25, 0.3) is 0 Å². The molecule has 0 bridgehead atoms. The van der Waals surface area contributed by atoms with Gasteiger partial charge in [0.1, 0.15) is 5.75 Å². The van der Waals surface area contributed by atoms with Gasteiger partial charge >= 0.3 is 0 Å². The lowest BCUT2D eigenvalue weighted by Crippen LogP contribution is -2.45. The van der Waals surface area contributed by atoms with Crippen LogP contribution in [0.15, 0.2) is 34.9 Å². The first-order valence-corrected chi connectivity index (χ1v) is 7.28. The van der Waals surface area contributed by atoms with Crippen LogP contribution in [0.3, 0.4) is 0 Å². The Morgan fingerprint density at radius 3 is 2.67 bits per heavy atom. The fraction of sp³-hybridized carbons (Fsp3) is 0.438. The number of nitrogens with zero attached hydrogens (tertiary/aromatic N) is 3. The summed E-state index contributed by atoms with van der Waals surface area (Å²) >= 11 is 0. The van der Waals surface area contributed by atoms with Gasteiger partial charge in [-0.15, -0.1) is 0 Å². The molecule has 1 saturated heterocycles. The van der Waals surface area contributed by atoms with Crippen LogP contribution in [0.25, 0.3) is 0 Å². The first-order chi connectivity index (χ1) is 10.2. The van der Waals surface area contributed by atoms with E-state index in [9.17, 15) is 0 Å². The van der Waals surface area contributed by atoms with E-state index in [-0.39, 0.29) is 0 Å². The van der Waals surface area contributed by atoms with Crippen LogP contribution >= 0.6 is 0 Å². The summed E-state index contributed by atoms with van der Waals surface area (Å²) in [5, 5.41) is 3.94. The molecule has 5 heteroatoms. The first-order valence-electron chi connectivity index (χ1n) is 7.28. The number of aryl methyl sites for hydroxylation is 1. The zero-order valence-electron chi connectivity index (χ0n) is 12.6. The highest BCUT2D eigenvalue weighted by molar-refractivity contribution is 5.51. The minimum Gasteiger partial charge on any atom is -0.497 e. The zero-order chi connectivity index (χ0) is 14.7. The Morgan fingerprint density at radius 2 is 2.00 bits per heavy atom. The summed E-state index contributed by atoms with van der Waals surface area (Å²) < 4.78 is 10.6. The molecule has 0 saturated carbocycles. The van der Waals surface area contributed by atoms with Crippen LogP contribution in [0.4, 0.5) is 5.69 Å². The molecule has 2 heterocycles. The van der Waals surface area contributed by atoms with Crippen LogP contribution in [0.1, 0.15) is 11.5 Å². The quantitative estimate of drug-likeness (QED) is 0.863. The molecule has 112 valence electrons. The molecule has 1 fully saturated rings. The summed E-state index contributed by atoms with van der Waals surface area (Å²) in [4.78, 5) is 4.79. The van der Waals surface area contributed by atoms with E-state index in [0.29, 0.717) is 0 Å².